The van der Waals surface area contributed by atoms with Crippen LogP contribution in [0.4, 0.5) is 0 Å². The topological polar surface area (TPSA) is 56.7 Å². The molecule has 2 N–H and O–H groups in total. The van der Waals surface area contributed by atoms with Crippen LogP contribution in [-0.4, -0.2) is 43.4 Å². The molecule has 0 bridgehead atoms. The highest BCUT2D eigenvalue weighted by molar-refractivity contribution is 14.0. The van der Waals surface area contributed by atoms with Crippen molar-refractivity contribution < 1.29 is 4.79 Å². The number of nitrogens with one attached hydrogen (secondary N) is 2. The third-order valence-electron chi connectivity index (χ3n) is 3.73. The second-order valence-corrected chi connectivity index (χ2v) is 6.81. The maximum Gasteiger partial charge on any atom is 0.241 e. The van der Waals surface area contributed by atoms with Gasteiger partial charge in [0.05, 0.1) is 13.1 Å². The van der Waals surface area contributed by atoms with Crippen LogP contribution < -0.4 is 10.6 Å². The molecule has 0 spiro atoms. The quantitative estimate of drug-likeness (QED) is 0.356. The number of rotatable bonds is 8. The van der Waals surface area contributed by atoms with Crippen molar-refractivity contribution in [1.29, 1.82) is 0 Å². The largest absolute Gasteiger partial charge is 0.354 e. The van der Waals surface area contributed by atoms with E-state index in [4.69, 9.17) is 0 Å². The molecule has 1 atom stereocenters. The van der Waals surface area contributed by atoms with Crippen LogP contribution in [0.1, 0.15) is 39.2 Å². The Labute approximate surface area is 169 Å². The van der Waals surface area contributed by atoms with E-state index in [0.29, 0.717) is 24.5 Å². The number of halogens is 1. The van der Waals surface area contributed by atoms with E-state index >= 15 is 0 Å². The molecule has 142 valence electrons. The number of likely N-dealkylation sites (N-methyl/N-ethyl adjacent to an activating group) is 1. The van der Waals surface area contributed by atoms with Gasteiger partial charge in [-0.2, -0.15) is 0 Å². The molecule has 5 nitrogen and oxygen atoms in total. The van der Waals surface area contributed by atoms with Gasteiger partial charge in [-0.3, -0.25) is 4.79 Å². The minimum Gasteiger partial charge on any atom is -0.354 e. The second-order valence-electron chi connectivity index (χ2n) is 6.81. The molecule has 0 radical (unpaired) electrons. The van der Waals surface area contributed by atoms with Crippen LogP contribution in [0, 0.1) is 5.92 Å². The number of guanidine groups is 1. The minimum atomic E-state index is 0. The second kappa shape index (κ2) is 13.0. The van der Waals surface area contributed by atoms with E-state index in [1.807, 2.05) is 30.3 Å². The summed E-state index contributed by atoms with van der Waals surface area (Å²) in [5.74, 6) is 1.39. The average Bonchev–Trinajstić information content (AvgIpc) is 2.55. The van der Waals surface area contributed by atoms with Crippen molar-refractivity contribution in [2.45, 2.75) is 46.2 Å². The molecule has 25 heavy (non-hydrogen) atoms. The molecule has 1 unspecified atom stereocenters. The van der Waals surface area contributed by atoms with Gasteiger partial charge < -0.3 is 15.5 Å². The number of hydrogen-bond donors (Lipinski definition) is 2. The van der Waals surface area contributed by atoms with Crippen LogP contribution in [0.5, 0.6) is 0 Å². The van der Waals surface area contributed by atoms with Crippen LogP contribution in [0.3, 0.4) is 0 Å². The molecule has 1 aromatic rings. The Morgan fingerprint density at radius 1 is 1.12 bits per heavy atom. The van der Waals surface area contributed by atoms with Crippen LogP contribution in [-0.2, 0) is 11.3 Å². The van der Waals surface area contributed by atoms with Crippen LogP contribution in [0.25, 0.3) is 0 Å². The van der Waals surface area contributed by atoms with Crippen LogP contribution in [0.15, 0.2) is 35.3 Å². The monoisotopic (exact) mass is 460 g/mol. The molecule has 0 saturated carbocycles. The van der Waals surface area contributed by atoms with Gasteiger partial charge in [0.15, 0.2) is 5.96 Å². The predicted octanol–water partition coefficient (Wildman–Crippen LogP) is 3.25. The standard InChI is InChI=1S/C19H32N4O.HI/c1-15(2)11-12-16(3)22-19(21-14-18(24)23(4)5)20-13-17-9-7-6-8-10-17;/h6-10,15-16H,11-14H2,1-5H3,(H2,20,21,22);1H. The van der Waals surface area contributed by atoms with E-state index in [9.17, 15) is 4.79 Å². The number of aliphatic imine (C=N–C) groups is 1. The Morgan fingerprint density at radius 2 is 1.76 bits per heavy atom. The van der Waals surface area contributed by atoms with Crippen molar-refractivity contribution in [3.63, 3.8) is 0 Å². The van der Waals surface area contributed by atoms with E-state index in [0.717, 1.165) is 18.4 Å². The molecule has 0 aromatic heterocycles. The molecule has 0 aliphatic carbocycles. The van der Waals surface area contributed by atoms with Gasteiger partial charge in [0.2, 0.25) is 5.91 Å². The molecule has 0 aliphatic rings. The lowest BCUT2D eigenvalue weighted by Gasteiger charge is -2.20. The van der Waals surface area contributed by atoms with E-state index in [2.05, 4.69) is 36.4 Å². The van der Waals surface area contributed by atoms with Gasteiger partial charge in [0.1, 0.15) is 0 Å². The van der Waals surface area contributed by atoms with Gasteiger partial charge in [-0.25, -0.2) is 4.99 Å². The van der Waals surface area contributed by atoms with Gasteiger partial charge in [0.25, 0.3) is 0 Å². The number of amides is 1. The highest BCUT2D eigenvalue weighted by Gasteiger charge is 2.09. The third kappa shape index (κ3) is 11.0. The fourth-order valence-corrected chi connectivity index (χ4v) is 2.11. The smallest absolute Gasteiger partial charge is 0.241 e. The number of hydrogen-bond acceptors (Lipinski definition) is 2. The van der Waals surface area contributed by atoms with E-state index in [1.54, 1.807) is 19.0 Å². The van der Waals surface area contributed by atoms with Gasteiger partial charge in [-0.05, 0) is 31.2 Å². The lowest BCUT2D eigenvalue weighted by molar-refractivity contribution is -0.127. The lowest BCUT2D eigenvalue weighted by Crippen LogP contribution is -2.46. The first-order chi connectivity index (χ1) is 11.4. The van der Waals surface area contributed by atoms with Crippen molar-refractivity contribution in [2.24, 2.45) is 10.9 Å². The summed E-state index contributed by atoms with van der Waals surface area (Å²) in [5, 5.41) is 6.54. The Hall–Kier alpha value is -1.31. The predicted molar refractivity (Wildman–Crippen MR) is 116 cm³/mol. The number of carbonyl (C=O) groups is 1. The number of nitrogens with zero attached hydrogens (tertiary/aromatic N) is 2. The summed E-state index contributed by atoms with van der Waals surface area (Å²) < 4.78 is 0. The van der Waals surface area contributed by atoms with Crippen molar-refractivity contribution in [2.75, 3.05) is 20.6 Å². The molecule has 0 fully saturated rings. The maximum atomic E-state index is 11.8. The maximum absolute atomic E-state index is 11.8. The van der Waals surface area contributed by atoms with Gasteiger partial charge >= 0.3 is 0 Å². The van der Waals surface area contributed by atoms with E-state index < -0.39 is 0 Å². The van der Waals surface area contributed by atoms with Crippen molar-refractivity contribution in [3.05, 3.63) is 35.9 Å². The highest BCUT2D eigenvalue weighted by atomic mass is 127. The van der Waals surface area contributed by atoms with Crippen molar-refractivity contribution in [1.82, 2.24) is 15.5 Å². The molecule has 1 amide bonds. The molecule has 1 rings (SSSR count). The Morgan fingerprint density at radius 3 is 2.32 bits per heavy atom. The summed E-state index contributed by atoms with van der Waals surface area (Å²) in [6.07, 6.45) is 2.24. The SMILES string of the molecule is CC(C)CCC(C)NC(=NCc1ccccc1)NCC(=O)N(C)C.I. The zero-order valence-electron chi connectivity index (χ0n) is 16.1. The highest BCUT2D eigenvalue weighted by Crippen LogP contribution is 2.06. The summed E-state index contributed by atoms with van der Waals surface area (Å²) in [6.45, 7) is 7.43. The van der Waals surface area contributed by atoms with Crippen LogP contribution >= 0.6 is 24.0 Å². The first kappa shape index (κ1) is 23.7. The average molecular weight is 460 g/mol. The lowest BCUT2D eigenvalue weighted by atomic mass is 10.0. The first-order valence-electron chi connectivity index (χ1n) is 8.67. The van der Waals surface area contributed by atoms with Gasteiger partial charge in [-0.15, -0.1) is 24.0 Å². The Bertz CT molecular complexity index is 517. The van der Waals surface area contributed by atoms with Crippen LogP contribution in [0.2, 0.25) is 0 Å². The van der Waals surface area contributed by atoms with Crippen molar-refractivity contribution >= 4 is 35.8 Å². The van der Waals surface area contributed by atoms with E-state index in [1.165, 1.54) is 0 Å². The van der Waals surface area contributed by atoms with Crippen molar-refractivity contribution in [3.8, 4) is 0 Å². The molecule has 0 aliphatic heterocycles. The molecular formula is C19H33IN4O. The zero-order chi connectivity index (χ0) is 17.9. The molecule has 1 aromatic carbocycles. The Kier molecular flexibility index (Phi) is 12.3. The summed E-state index contributed by atoms with van der Waals surface area (Å²) in [6, 6.07) is 10.4. The first-order valence-corrected chi connectivity index (χ1v) is 8.67. The molecule has 6 heteroatoms. The molecule has 0 saturated heterocycles. The molecule has 0 heterocycles. The zero-order valence-corrected chi connectivity index (χ0v) is 18.4. The Balaban J connectivity index is 0.00000576. The fourth-order valence-electron chi connectivity index (χ4n) is 2.11. The molecular weight excluding hydrogens is 427 g/mol. The fraction of sp³-hybridized carbons (Fsp3) is 0.579. The summed E-state index contributed by atoms with van der Waals surface area (Å²) in [5.41, 5.74) is 1.15. The number of benzene rings is 1. The summed E-state index contributed by atoms with van der Waals surface area (Å²) in [4.78, 5) is 18.0. The van der Waals surface area contributed by atoms with Gasteiger partial charge in [0, 0.05) is 20.1 Å². The van der Waals surface area contributed by atoms with E-state index in [-0.39, 0.29) is 36.4 Å². The summed E-state index contributed by atoms with van der Waals surface area (Å²) >= 11 is 0. The number of carbonyl (C=O) groups excluding carboxylic acids is 1. The minimum absolute atomic E-state index is 0. The van der Waals surface area contributed by atoms with Gasteiger partial charge in [-0.1, -0.05) is 44.2 Å². The normalized spacial score (nSPS) is 12.3. The third-order valence-corrected chi connectivity index (χ3v) is 3.73. The summed E-state index contributed by atoms with van der Waals surface area (Å²) in [7, 11) is 3.51.